The quantitative estimate of drug-likeness (QED) is 0.751. The predicted octanol–water partition coefficient (Wildman–Crippen LogP) is 4.52. The lowest BCUT2D eigenvalue weighted by Crippen LogP contribution is -1.97. The first-order valence-electron chi connectivity index (χ1n) is 7.79. The fourth-order valence-electron chi connectivity index (χ4n) is 2.54. The second-order valence-electron chi connectivity index (χ2n) is 5.23. The van der Waals surface area contributed by atoms with E-state index in [0.717, 1.165) is 16.6 Å². The zero-order chi connectivity index (χ0) is 16.9. The second-order valence-corrected chi connectivity index (χ2v) is 5.23. The van der Waals surface area contributed by atoms with E-state index in [4.69, 9.17) is 9.47 Å². The summed E-state index contributed by atoms with van der Waals surface area (Å²) in [5, 5.41) is 10.8. The molecule has 4 heteroatoms. The normalized spacial score (nSPS) is 11.1. The summed E-state index contributed by atoms with van der Waals surface area (Å²) in [7, 11) is 1.62. The molecule has 3 rings (SSSR count). The number of methoxy groups -OCH3 is 1. The Morgan fingerprint density at radius 3 is 2.67 bits per heavy atom. The standard InChI is InChI=1S/C20H19NO3/c1-3-24-20-15(7-5-9-18(20)23-2)11-13-16-12-10-14-6-4-8-17(22)19(14)21-16/h4-13,22H,3H2,1-2H3/b13-11+. The number of pyridine rings is 1. The second kappa shape index (κ2) is 7.04. The molecule has 0 unspecified atom stereocenters. The van der Waals surface area contributed by atoms with Gasteiger partial charge in [0.25, 0.3) is 0 Å². The van der Waals surface area contributed by atoms with Crippen LogP contribution in [0.4, 0.5) is 0 Å². The van der Waals surface area contributed by atoms with Crippen molar-refractivity contribution in [2.24, 2.45) is 0 Å². The molecule has 1 N–H and O–H groups in total. The predicted molar refractivity (Wildman–Crippen MR) is 96.5 cm³/mol. The molecule has 24 heavy (non-hydrogen) atoms. The summed E-state index contributed by atoms with van der Waals surface area (Å²) < 4.78 is 11.1. The number of phenolic OH excluding ortho intramolecular Hbond substituents is 1. The summed E-state index contributed by atoms with van der Waals surface area (Å²) in [6.07, 6.45) is 3.82. The molecule has 0 saturated carbocycles. The largest absolute Gasteiger partial charge is 0.506 e. The van der Waals surface area contributed by atoms with E-state index >= 15 is 0 Å². The third-order valence-corrected chi connectivity index (χ3v) is 3.67. The van der Waals surface area contributed by atoms with Gasteiger partial charge in [0.05, 0.1) is 19.4 Å². The Bertz CT molecular complexity index is 887. The molecular formula is C20H19NO3. The number of fused-ring (bicyclic) bond motifs is 1. The molecule has 3 aromatic rings. The molecule has 0 aliphatic carbocycles. The monoisotopic (exact) mass is 321 g/mol. The molecule has 0 fully saturated rings. The van der Waals surface area contributed by atoms with E-state index in [9.17, 15) is 5.11 Å². The van der Waals surface area contributed by atoms with Gasteiger partial charge in [-0.15, -0.1) is 0 Å². The average molecular weight is 321 g/mol. The minimum Gasteiger partial charge on any atom is -0.506 e. The van der Waals surface area contributed by atoms with Crippen molar-refractivity contribution in [3.8, 4) is 17.2 Å². The highest BCUT2D eigenvalue weighted by Gasteiger charge is 2.08. The minimum absolute atomic E-state index is 0.180. The van der Waals surface area contributed by atoms with Gasteiger partial charge in [0.15, 0.2) is 11.5 Å². The fourth-order valence-corrected chi connectivity index (χ4v) is 2.54. The van der Waals surface area contributed by atoms with Crippen LogP contribution in [0.3, 0.4) is 0 Å². The Hall–Kier alpha value is -3.01. The lowest BCUT2D eigenvalue weighted by molar-refractivity contribution is 0.310. The zero-order valence-electron chi connectivity index (χ0n) is 13.7. The van der Waals surface area contributed by atoms with E-state index in [1.54, 1.807) is 19.2 Å². The molecule has 1 heterocycles. The lowest BCUT2D eigenvalue weighted by atomic mass is 10.1. The number of hydrogen-bond acceptors (Lipinski definition) is 4. The minimum atomic E-state index is 0.180. The van der Waals surface area contributed by atoms with Crippen molar-refractivity contribution in [2.45, 2.75) is 6.92 Å². The first kappa shape index (κ1) is 15.9. The smallest absolute Gasteiger partial charge is 0.168 e. The Labute approximate surface area is 141 Å². The molecule has 0 saturated heterocycles. The van der Waals surface area contributed by atoms with Crippen molar-refractivity contribution in [1.82, 2.24) is 4.98 Å². The number of benzene rings is 2. The van der Waals surface area contributed by atoms with Gasteiger partial charge in [0, 0.05) is 10.9 Å². The van der Waals surface area contributed by atoms with E-state index < -0.39 is 0 Å². The number of ether oxygens (including phenoxy) is 2. The molecule has 1 aromatic heterocycles. The van der Waals surface area contributed by atoms with Crippen LogP contribution < -0.4 is 9.47 Å². The van der Waals surface area contributed by atoms with Crippen LogP contribution in [0, 0.1) is 0 Å². The maximum atomic E-state index is 9.94. The van der Waals surface area contributed by atoms with Gasteiger partial charge >= 0.3 is 0 Å². The van der Waals surface area contributed by atoms with Crippen molar-refractivity contribution in [3.05, 3.63) is 59.8 Å². The summed E-state index contributed by atoms with van der Waals surface area (Å²) in [4.78, 5) is 4.50. The summed E-state index contributed by atoms with van der Waals surface area (Å²) in [5.74, 6) is 1.59. The zero-order valence-corrected chi connectivity index (χ0v) is 13.7. The van der Waals surface area contributed by atoms with Gasteiger partial charge in [0.2, 0.25) is 0 Å². The molecule has 0 aliphatic rings. The van der Waals surface area contributed by atoms with Crippen molar-refractivity contribution in [3.63, 3.8) is 0 Å². The van der Waals surface area contributed by atoms with E-state index in [2.05, 4.69) is 4.98 Å². The van der Waals surface area contributed by atoms with E-state index in [1.165, 1.54) is 0 Å². The van der Waals surface area contributed by atoms with E-state index in [-0.39, 0.29) is 5.75 Å². The first-order valence-corrected chi connectivity index (χ1v) is 7.79. The highest BCUT2D eigenvalue weighted by atomic mass is 16.5. The van der Waals surface area contributed by atoms with Crippen LogP contribution in [-0.2, 0) is 0 Å². The molecule has 2 aromatic carbocycles. The maximum absolute atomic E-state index is 9.94. The summed E-state index contributed by atoms with van der Waals surface area (Å²) in [6, 6.07) is 15.0. The molecule has 0 radical (unpaired) electrons. The van der Waals surface area contributed by atoms with Gasteiger partial charge < -0.3 is 14.6 Å². The molecule has 0 aliphatic heterocycles. The molecule has 0 bridgehead atoms. The topological polar surface area (TPSA) is 51.6 Å². The SMILES string of the molecule is CCOc1c(/C=C/c2ccc3cccc(O)c3n2)cccc1OC. The van der Waals surface area contributed by atoms with Crippen molar-refractivity contribution in [1.29, 1.82) is 0 Å². The van der Waals surface area contributed by atoms with Crippen LogP contribution in [0.2, 0.25) is 0 Å². The van der Waals surface area contributed by atoms with Gasteiger partial charge in [-0.25, -0.2) is 4.98 Å². The Morgan fingerprint density at radius 1 is 1.04 bits per heavy atom. The molecule has 4 nitrogen and oxygen atoms in total. The van der Waals surface area contributed by atoms with Crippen molar-refractivity contribution in [2.75, 3.05) is 13.7 Å². The van der Waals surface area contributed by atoms with Crippen LogP contribution in [0.25, 0.3) is 23.1 Å². The van der Waals surface area contributed by atoms with Crippen LogP contribution in [0.1, 0.15) is 18.2 Å². The molecule has 0 amide bonds. The highest BCUT2D eigenvalue weighted by molar-refractivity contribution is 5.86. The molecular weight excluding hydrogens is 302 g/mol. The number of phenols is 1. The van der Waals surface area contributed by atoms with Gasteiger partial charge in [-0.2, -0.15) is 0 Å². The van der Waals surface area contributed by atoms with Gasteiger partial charge in [0.1, 0.15) is 11.3 Å². The lowest BCUT2D eigenvalue weighted by Gasteiger charge is -2.11. The Kier molecular flexibility index (Phi) is 4.66. The third kappa shape index (κ3) is 3.18. The third-order valence-electron chi connectivity index (χ3n) is 3.67. The maximum Gasteiger partial charge on any atom is 0.168 e. The van der Waals surface area contributed by atoms with Crippen LogP contribution in [-0.4, -0.2) is 23.8 Å². The number of para-hydroxylation sites is 2. The van der Waals surface area contributed by atoms with E-state index in [1.807, 2.05) is 55.5 Å². The van der Waals surface area contributed by atoms with E-state index in [0.29, 0.717) is 23.6 Å². The van der Waals surface area contributed by atoms with Gasteiger partial charge in [-0.3, -0.25) is 0 Å². The first-order chi connectivity index (χ1) is 11.7. The Morgan fingerprint density at radius 2 is 1.88 bits per heavy atom. The number of hydrogen-bond donors (Lipinski definition) is 1. The van der Waals surface area contributed by atoms with Crippen LogP contribution >= 0.6 is 0 Å². The Balaban J connectivity index is 1.98. The highest BCUT2D eigenvalue weighted by Crippen LogP contribution is 2.32. The summed E-state index contributed by atoms with van der Waals surface area (Å²) in [5.41, 5.74) is 2.26. The van der Waals surface area contributed by atoms with Gasteiger partial charge in [-0.1, -0.05) is 30.3 Å². The fraction of sp³-hybridized carbons (Fsp3) is 0.150. The molecule has 0 spiro atoms. The number of aromatic nitrogens is 1. The van der Waals surface area contributed by atoms with Gasteiger partial charge in [-0.05, 0) is 37.3 Å². The van der Waals surface area contributed by atoms with Crippen molar-refractivity contribution >= 4 is 23.1 Å². The summed E-state index contributed by atoms with van der Waals surface area (Å²) in [6.45, 7) is 2.50. The number of rotatable bonds is 5. The number of nitrogens with zero attached hydrogens (tertiary/aromatic N) is 1. The molecule has 122 valence electrons. The average Bonchev–Trinajstić information content (AvgIpc) is 2.61. The van der Waals surface area contributed by atoms with Crippen LogP contribution in [0.15, 0.2) is 48.5 Å². The summed E-state index contributed by atoms with van der Waals surface area (Å²) >= 11 is 0. The number of aromatic hydroxyl groups is 1. The molecule has 0 atom stereocenters. The van der Waals surface area contributed by atoms with Crippen LogP contribution in [0.5, 0.6) is 17.2 Å². The van der Waals surface area contributed by atoms with Crippen molar-refractivity contribution < 1.29 is 14.6 Å².